The van der Waals surface area contributed by atoms with Crippen molar-refractivity contribution < 1.29 is 18.0 Å². The van der Waals surface area contributed by atoms with E-state index < -0.39 is 28.8 Å². The number of benzene rings is 1. The average Bonchev–Trinajstić information content (AvgIpc) is 2.95. The molecule has 2 rings (SSSR count). The molecule has 14 heavy (non-hydrogen) atoms. The zero-order valence-electron chi connectivity index (χ0n) is 7.19. The summed E-state index contributed by atoms with van der Waals surface area (Å²) >= 11 is 0. The van der Waals surface area contributed by atoms with Crippen LogP contribution >= 0.6 is 0 Å². The van der Waals surface area contributed by atoms with Gasteiger partial charge in [-0.2, -0.15) is 0 Å². The van der Waals surface area contributed by atoms with Crippen molar-refractivity contribution in [2.75, 3.05) is 0 Å². The number of carbonyl (C=O) groups excluding carboxylic acids is 1. The van der Waals surface area contributed by atoms with Crippen LogP contribution in [0.1, 0.15) is 23.2 Å². The molecule has 0 saturated heterocycles. The van der Waals surface area contributed by atoms with Crippen molar-refractivity contribution in [3.63, 3.8) is 0 Å². The van der Waals surface area contributed by atoms with E-state index in [0.29, 0.717) is 18.9 Å². The van der Waals surface area contributed by atoms with Crippen molar-refractivity contribution in [2.24, 2.45) is 5.92 Å². The third-order valence-corrected chi connectivity index (χ3v) is 2.24. The minimum absolute atomic E-state index is 0.319. The standard InChI is InChI=1S/C10H7F3O/c11-6-3-4-7(12)9(13)8(6)10(14)5-1-2-5/h3-5H,1-2H2. The first-order chi connectivity index (χ1) is 6.61. The fourth-order valence-electron chi connectivity index (χ4n) is 1.30. The summed E-state index contributed by atoms with van der Waals surface area (Å²) in [6.45, 7) is 0. The van der Waals surface area contributed by atoms with Crippen LogP contribution in [0.2, 0.25) is 0 Å². The van der Waals surface area contributed by atoms with Gasteiger partial charge in [-0.25, -0.2) is 13.2 Å². The van der Waals surface area contributed by atoms with Gasteiger partial charge in [0.25, 0.3) is 0 Å². The van der Waals surface area contributed by atoms with Gasteiger partial charge in [-0.15, -0.1) is 0 Å². The number of halogens is 3. The quantitative estimate of drug-likeness (QED) is 0.529. The van der Waals surface area contributed by atoms with Gasteiger partial charge in [0.15, 0.2) is 17.4 Å². The molecule has 1 aliphatic carbocycles. The van der Waals surface area contributed by atoms with Crippen LogP contribution in [0.4, 0.5) is 13.2 Å². The fourth-order valence-corrected chi connectivity index (χ4v) is 1.30. The van der Waals surface area contributed by atoms with E-state index in [0.717, 1.165) is 6.07 Å². The minimum atomic E-state index is -1.37. The number of Topliss-reactive ketones (excluding diaryl/α,β-unsaturated/α-hetero) is 1. The van der Waals surface area contributed by atoms with Crippen LogP contribution in [0, 0.1) is 23.4 Å². The maximum absolute atomic E-state index is 13.1. The maximum Gasteiger partial charge on any atom is 0.172 e. The zero-order valence-corrected chi connectivity index (χ0v) is 7.19. The Bertz CT molecular complexity index is 397. The van der Waals surface area contributed by atoms with Crippen LogP contribution in [-0.2, 0) is 0 Å². The Hall–Kier alpha value is -1.32. The highest BCUT2D eigenvalue weighted by molar-refractivity contribution is 5.99. The monoisotopic (exact) mass is 200 g/mol. The molecule has 1 aliphatic rings. The lowest BCUT2D eigenvalue weighted by Crippen LogP contribution is -2.09. The number of rotatable bonds is 2. The van der Waals surface area contributed by atoms with Gasteiger partial charge >= 0.3 is 0 Å². The third kappa shape index (κ3) is 1.41. The predicted octanol–water partition coefficient (Wildman–Crippen LogP) is 2.70. The van der Waals surface area contributed by atoms with E-state index in [9.17, 15) is 18.0 Å². The van der Waals surface area contributed by atoms with E-state index in [2.05, 4.69) is 0 Å². The van der Waals surface area contributed by atoms with E-state index in [4.69, 9.17) is 0 Å². The van der Waals surface area contributed by atoms with Crippen LogP contribution in [0.5, 0.6) is 0 Å². The smallest absolute Gasteiger partial charge is 0.172 e. The molecule has 4 heteroatoms. The number of carbonyl (C=O) groups is 1. The van der Waals surface area contributed by atoms with Crippen LogP contribution < -0.4 is 0 Å². The predicted molar refractivity (Wildman–Crippen MR) is 43.4 cm³/mol. The SMILES string of the molecule is O=C(c1c(F)ccc(F)c1F)C1CC1. The van der Waals surface area contributed by atoms with Crippen molar-refractivity contribution in [2.45, 2.75) is 12.8 Å². The molecule has 0 radical (unpaired) electrons. The Balaban J connectivity index is 2.49. The zero-order chi connectivity index (χ0) is 10.3. The number of ketones is 1. The highest BCUT2D eigenvalue weighted by atomic mass is 19.2. The summed E-state index contributed by atoms with van der Waals surface area (Å²) in [5.74, 6) is -4.49. The molecule has 0 amide bonds. The van der Waals surface area contributed by atoms with Crippen molar-refractivity contribution in [1.29, 1.82) is 0 Å². The van der Waals surface area contributed by atoms with Crippen molar-refractivity contribution >= 4 is 5.78 Å². The molecule has 0 bridgehead atoms. The number of hydrogen-bond acceptors (Lipinski definition) is 1. The first kappa shape index (κ1) is 9.24. The third-order valence-electron chi connectivity index (χ3n) is 2.24. The summed E-state index contributed by atoms with van der Waals surface area (Å²) < 4.78 is 38.8. The summed E-state index contributed by atoms with van der Waals surface area (Å²) in [5, 5.41) is 0. The summed E-state index contributed by atoms with van der Waals surface area (Å²) in [7, 11) is 0. The largest absolute Gasteiger partial charge is 0.294 e. The Morgan fingerprint density at radius 2 is 1.71 bits per heavy atom. The Kier molecular flexibility index (Phi) is 2.06. The molecule has 0 N–H and O–H groups in total. The number of hydrogen-bond donors (Lipinski definition) is 0. The molecule has 74 valence electrons. The second-order valence-corrected chi connectivity index (χ2v) is 3.36. The van der Waals surface area contributed by atoms with Gasteiger partial charge in [-0.05, 0) is 25.0 Å². The van der Waals surface area contributed by atoms with Crippen molar-refractivity contribution in [3.8, 4) is 0 Å². The van der Waals surface area contributed by atoms with E-state index in [-0.39, 0.29) is 5.92 Å². The summed E-state index contributed by atoms with van der Waals surface area (Å²) in [5.41, 5.74) is -0.729. The summed E-state index contributed by atoms with van der Waals surface area (Å²) in [6.07, 6.45) is 1.27. The van der Waals surface area contributed by atoms with Crippen LogP contribution in [0.15, 0.2) is 12.1 Å². The van der Waals surface area contributed by atoms with Gasteiger partial charge in [0, 0.05) is 5.92 Å². The van der Waals surface area contributed by atoms with Crippen LogP contribution in [0.25, 0.3) is 0 Å². The Labute approximate surface area is 78.5 Å². The maximum atomic E-state index is 13.1. The van der Waals surface area contributed by atoms with Crippen molar-refractivity contribution in [1.82, 2.24) is 0 Å². The molecular weight excluding hydrogens is 193 g/mol. The van der Waals surface area contributed by atoms with E-state index in [1.54, 1.807) is 0 Å². The van der Waals surface area contributed by atoms with Crippen molar-refractivity contribution in [3.05, 3.63) is 35.1 Å². The average molecular weight is 200 g/mol. The molecule has 0 spiro atoms. The minimum Gasteiger partial charge on any atom is -0.294 e. The molecule has 0 atom stereocenters. The normalized spacial score (nSPS) is 15.6. The molecule has 1 saturated carbocycles. The van der Waals surface area contributed by atoms with Gasteiger partial charge < -0.3 is 0 Å². The highest BCUT2D eigenvalue weighted by Gasteiger charge is 2.34. The Morgan fingerprint density at radius 3 is 2.29 bits per heavy atom. The second-order valence-electron chi connectivity index (χ2n) is 3.36. The molecule has 1 aromatic carbocycles. The fraction of sp³-hybridized carbons (Fsp3) is 0.300. The lowest BCUT2D eigenvalue weighted by atomic mass is 10.1. The van der Waals surface area contributed by atoms with Crippen LogP contribution in [-0.4, -0.2) is 5.78 Å². The topological polar surface area (TPSA) is 17.1 Å². The second kappa shape index (κ2) is 3.12. The summed E-state index contributed by atoms with van der Waals surface area (Å²) in [4.78, 5) is 11.4. The first-order valence-corrected chi connectivity index (χ1v) is 4.29. The molecule has 0 aromatic heterocycles. The molecule has 1 nitrogen and oxygen atoms in total. The molecule has 1 aromatic rings. The molecule has 0 aliphatic heterocycles. The molecule has 0 unspecified atom stereocenters. The lowest BCUT2D eigenvalue weighted by molar-refractivity contribution is 0.0958. The highest BCUT2D eigenvalue weighted by Crippen LogP contribution is 2.34. The van der Waals surface area contributed by atoms with E-state index >= 15 is 0 Å². The van der Waals surface area contributed by atoms with E-state index in [1.807, 2.05) is 0 Å². The van der Waals surface area contributed by atoms with Gasteiger partial charge in [-0.1, -0.05) is 0 Å². The van der Waals surface area contributed by atoms with E-state index in [1.165, 1.54) is 0 Å². The molecule has 0 heterocycles. The lowest BCUT2D eigenvalue weighted by Gasteiger charge is -2.03. The molecule has 1 fully saturated rings. The van der Waals surface area contributed by atoms with Gasteiger partial charge in [0.05, 0.1) is 5.56 Å². The van der Waals surface area contributed by atoms with Gasteiger partial charge in [0.2, 0.25) is 0 Å². The van der Waals surface area contributed by atoms with Gasteiger partial charge in [0.1, 0.15) is 5.82 Å². The summed E-state index contributed by atoms with van der Waals surface area (Å²) in [6, 6.07) is 1.45. The Morgan fingerprint density at radius 1 is 1.14 bits per heavy atom. The van der Waals surface area contributed by atoms with Crippen LogP contribution in [0.3, 0.4) is 0 Å². The first-order valence-electron chi connectivity index (χ1n) is 4.29. The van der Waals surface area contributed by atoms with Gasteiger partial charge in [-0.3, -0.25) is 4.79 Å². The molecular formula is C10H7F3O.